The van der Waals surface area contributed by atoms with Gasteiger partial charge in [0.25, 0.3) is 0 Å². The summed E-state index contributed by atoms with van der Waals surface area (Å²) in [7, 11) is 0. The van der Waals surface area contributed by atoms with Gasteiger partial charge in [0.05, 0.1) is 38.8 Å². The van der Waals surface area contributed by atoms with Crippen LogP contribution in [0.2, 0.25) is 0 Å². The van der Waals surface area contributed by atoms with Crippen molar-refractivity contribution in [3.05, 3.63) is 473 Å². The van der Waals surface area contributed by atoms with E-state index >= 15 is 0 Å². The van der Waals surface area contributed by atoms with Gasteiger partial charge in [-0.25, -0.2) is 44.9 Å². The summed E-state index contributed by atoms with van der Waals surface area (Å²) in [5.41, 5.74) is 21.5. The number of hydrogen-bond donors (Lipinski definition) is 0. The SMILES string of the molecule is c1ccc(-c2ccc(-c3nc(-c4ccccc4)nc(-c4ccc5ccc(-n6c7ccccc7c7ccccc76)cc5c4)n3)cc2)cc1.c1ccc(-c2nc(-c3cccc4ccccc34)nc(-c3cccc4cc(-n5c6ccccc6c6ccccc65)ccc34)n2)cc1.c1ccc(-c2nc(-c3ccccc3)nc(-c3ccc4c(-n5c6ccccc6c6ccccc65)cccc4c3)n2)cc1. The Balaban J connectivity index is 0.000000110. The van der Waals surface area contributed by atoms with E-state index < -0.39 is 0 Å². The van der Waals surface area contributed by atoms with Crippen LogP contribution in [0.25, 0.3) is 239 Å². The molecule has 0 amide bonds. The number of nitrogens with zero attached hydrogens (tertiary/aromatic N) is 12. The van der Waals surface area contributed by atoms with E-state index in [0.717, 1.165) is 110 Å². The highest BCUT2D eigenvalue weighted by Gasteiger charge is 2.23. The molecule has 12 heteroatoms. The molecule has 26 rings (SSSR count). The first kappa shape index (κ1) is 78.4. The van der Waals surface area contributed by atoms with Gasteiger partial charge in [0.2, 0.25) is 0 Å². The molecule has 6 aromatic heterocycles. The third kappa shape index (κ3) is 14.7. The summed E-state index contributed by atoms with van der Waals surface area (Å²) in [4.78, 5) is 44.9. The molecule has 133 heavy (non-hydrogen) atoms. The number of rotatable bonds is 13. The highest BCUT2D eigenvalue weighted by Crippen LogP contribution is 2.42. The number of hydrogen-bond acceptors (Lipinski definition) is 9. The Morgan fingerprint density at radius 2 is 0.383 bits per heavy atom. The van der Waals surface area contributed by atoms with E-state index in [-0.39, 0.29) is 0 Å². The standard InChI is InChI=1S/C43H28N4.C41H26N4.C37H24N4/c1-3-11-29(12-4-1)30-19-22-33(23-20-30)42-44-41(32-13-5-2-6-14-32)45-43(46-42)34-24-21-31-25-26-36(28-35(31)27-34)47-39-17-9-7-15-37(39)38-16-8-10-18-40(38)47;1-2-13-28(14-3-1)39-42-40(35-20-10-15-27-12-4-5-17-31(27)35)44-41(43-39)36-21-11-16-29-26-30(24-25-32(29)36)45-37-22-8-6-18-33(37)34-19-7-9-23-38(34)45;1-3-12-25(13-4-1)35-38-36(26-14-5-2-6-15-26)40-37(39-35)28-22-23-29-27(24-28)16-11-21-32(29)41-33-19-9-7-17-30(33)31-18-8-10-20-34(31)41/h1-28H;1-26H;1-24H. The van der Waals surface area contributed by atoms with Crippen molar-refractivity contribution in [2.75, 3.05) is 0 Å². The van der Waals surface area contributed by atoms with Crippen molar-refractivity contribution in [2.45, 2.75) is 0 Å². The van der Waals surface area contributed by atoms with Gasteiger partial charge in [0.15, 0.2) is 52.4 Å². The predicted molar refractivity (Wildman–Crippen MR) is 547 cm³/mol. The zero-order valence-corrected chi connectivity index (χ0v) is 71.9. The molecular formula is C121H78N12. The lowest BCUT2D eigenvalue weighted by Crippen LogP contribution is -2.01. The largest absolute Gasteiger partial charge is 0.309 e. The molecule has 0 unspecified atom stereocenters. The molecule has 0 saturated heterocycles. The number of para-hydroxylation sites is 6. The first-order valence-electron chi connectivity index (χ1n) is 44.6. The van der Waals surface area contributed by atoms with E-state index in [0.29, 0.717) is 52.4 Å². The normalized spacial score (nSPS) is 11.5. The van der Waals surface area contributed by atoms with Crippen LogP contribution in [0.3, 0.4) is 0 Å². The molecule has 0 saturated carbocycles. The van der Waals surface area contributed by atoms with E-state index in [1.54, 1.807) is 0 Å². The van der Waals surface area contributed by atoms with Crippen molar-refractivity contribution in [1.82, 2.24) is 58.6 Å². The van der Waals surface area contributed by atoms with Crippen molar-refractivity contribution >= 4 is 109 Å². The molecule has 0 N–H and O–H groups in total. The third-order valence-electron chi connectivity index (χ3n) is 25.1. The summed E-state index contributed by atoms with van der Waals surface area (Å²) in [6, 6.07) is 165. The zero-order valence-electron chi connectivity index (χ0n) is 71.9. The number of fused-ring (bicyclic) bond motifs is 13. The van der Waals surface area contributed by atoms with Gasteiger partial charge in [-0.05, 0) is 128 Å². The molecule has 0 aliphatic carbocycles. The van der Waals surface area contributed by atoms with E-state index in [4.69, 9.17) is 44.9 Å². The fourth-order valence-electron chi connectivity index (χ4n) is 18.8. The minimum absolute atomic E-state index is 0.644. The lowest BCUT2D eigenvalue weighted by atomic mass is 10.0. The van der Waals surface area contributed by atoms with Crippen molar-refractivity contribution in [1.29, 1.82) is 0 Å². The van der Waals surface area contributed by atoms with Crippen LogP contribution < -0.4 is 0 Å². The molecule has 0 radical (unpaired) electrons. The van der Waals surface area contributed by atoms with Gasteiger partial charge in [-0.3, -0.25) is 0 Å². The Kier molecular flexibility index (Phi) is 20.0. The maximum atomic E-state index is 5.13. The smallest absolute Gasteiger partial charge is 0.164 e. The summed E-state index contributed by atoms with van der Waals surface area (Å²) >= 11 is 0. The molecule has 0 atom stereocenters. The van der Waals surface area contributed by atoms with Crippen LogP contribution in [0.4, 0.5) is 0 Å². The fourth-order valence-corrected chi connectivity index (χ4v) is 18.8. The van der Waals surface area contributed by atoms with Gasteiger partial charge in [0.1, 0.15) is 0 Å². The third-order valence-corrected chi connectivity index (χ3v) is 25.1. The summed E-state index contributed by atoms with van der Waals surface area (Å²) in [5, 5.41) is 16.6. The summed E-state index contributed by atoms with van der Waals surface area (Å²) in [6.07, 6.45) is 0. The van der Waals surface area contributed by atoms with Gasteiger partial charge in [-0.15, -0.1) is 0 Å². The summed E-state index contributed by atoms with van der Waals surface area (Å²) in [6.45, 7) is 0. The van der Waals surface area contributed by atoms with Crippen LogP contribution in [-0.4, -0.2) is 58.6 Å². The summed E-state index contributed by atoms with van der Waals surface area (Å²) in [5.74, 6) is 5.89. The van der Waals surface area contributed by atoms with Gasteiger partial charge < -0.3 is 13.7 Å². The molecule has 622 valence electrons. The molecule has 6 heterocycles. The van der Waals surface area contributed by atoms with Crippen LogP contribution in [0.1, 0.15) is 0 Å². The number of aromatic nitrogens is 12. The molecule has 12 nitrogen and oxygen atoms in total. The topological polar surface area (TPSA) is 131 Å². The molecule has 0 fully saturated rings. The zero-order chi connectivity index (χ0) is 88.1. The van der Waals surface area contributed by atoms with Crippen molar-refractivity contribution in [3.63, 3.8) is 0 Å². The first-order valence-corrected chi connectivity index (χ1v) is 44.6. The van der Waals surface area contributed by atoms with Gasteiger partial charge >= 0.3 is 0 Å². The Labute approximate surface area is 765 Å². The second-order valence-corrected chi connectivity index (χ2v) is 33.1. The Morgan fingerprint density at radius 3 is 0.820 bits per heavy atom. The Hall–Kier alpha value is -18.1. The quantitative estimate of drug-likeness (QED) is 0.111. The molecule has 20 aromatic carbocycles. The van der Waals surface area contributed by atoms with Crippen molar-refractivity contribution < 1.29 is 0 Å². The van der Waals surface area contributed by atoms with E-state index in [2.05, 4.69) is 359 Å². The Bertz CT molecular complexity index is 8720. The van der Waals surface area contributed by atoms with Crippen LogP contribution >= 0.6 is 0 Å². The van der Waals surface area contributed by atoms with E-state index in [9.17, 15) is 0 Å². The molecule has 26 aromatic rings. The molecular weight excluding hydrogens is 1620 g/mol. The van der Waals surface area contributed by atoms with Gasteiger partial charge in [0, 0.05) is 99.1 Å². The van der Waals surface area contributed by atoms with Crippen LogP contribution in [0.5, 0.6) is 0 Å². The maximum Gasteiger partial charge on any atom is 0.164 e. The molecule has 0 bridgehead atoms. The Morgan fingerprint density at radius 1 is 0.128 bits per heavy atom. The average molecular weight is 1700 g/mol. The second-order valence-electron chi connectivity index (χ2n) is 33.1. The van der Waals surface area contributed by atoms with Crippen LogP contribution in [0.15, 0.2) is 473 Å². The van der Waals surface area contributed by atoms with Gasteiger partial charge in [-0.2, -0.15) is 0 Å². The molecule has 0 aliphatic heterocycles. The lowest BCUT2D eigenvalue weighted by molar-refractivity contribution is 1.07. The fraction of sp³-hybridized carbons (Fsp3) is 0. The predicted octanol–water partition coefficient (Wildman–Crippen LogP) is 30.2. The van der Waals surface area contributed by atoms with E-state index in [1.165, 1.54) is 76.4 Å². The highest BCUT2D eigenvalue weighted by atomic mass is 15.1. The van der Waals surface area contributed by atoms with E-state index in [1.807, 2.05) is 127 Å². The highest BCUT2D eigenvalue weighted by molar-refractivity contribution is 6.13. The van der Waals surface area contributed by atoms with Crippen LogP contribution in [0, 0.1) is 0 Å². The average Bonchev–Trinajstić information content (AvgIpc) is 1.59. The molecule has 0 aliphatic rings. The lowest BCUT2D eigenvalue weighted by Gasteiger charge is -2.13. The minimum Gasteiger partial charge on any atom is -0.309 e. The van der Waals surface area contributed by atoms with Crippen molar-refractivity contribution in [2.24, 2.45) is 0 Å². The molecule has 0 spiro atoms. The summed E-state index contributed by atoms with van der Waals surface area (Å²) < 4.78 is 7.08. The maximum absolute atomic E-state index is 5.13. The minimum atomic E-state index is 0.644. The van der Waals surface area contributed by atoms with Crippen LogP contribution in [-0.2, 0) is 0 Å². The number of benzene rings is 20. The second kappa shape index (κ2) is 33.9. The van der Waals surface area contributed by atoms with Crippen molar-refractivity contribution in [3.8, 4) is 131 Å². The first-order chi connectivity index (χ1) is 65.9. The van der Waals surface area contributed by atoms with Gasteiger partial charge in [-0.1, -0.05) is 394 Å². The monoisotopic (exact) mass is 1700 g/mol.